The van der Waals surface area contributed by atoms with E-state index in [1.54, 1.807) is 0 Å². The van der Waals surface area contributed by atoms with Crippen molar-refractivity contribution in [2.24, 2.45) is 0 Å². The lowest BCUT2D eigenvalue weighted by Gasteiger charge is -2.04. The van der Waals surface area contributed by atoms with Crippen molar-refractivity contribution in [3.8, 4) is 0 Å². The summed E-state index contributed by atoms with van der Waals surface area (Å²) in [5.41, 5.74) is 3.33. The molecule has 0 aliphatic rings. The van der Waals surface area contributed by atoms with Crippen LogP contribution in [0.5, 0.6) is 0 Å². The molecule has 1 aromatic rings. The number of nitrogens with one attached hydrogen (secondary N) is 2. The lowest BCUT2D eigenvalue weighted by atomic mass is 10.1. The molecule has 0 aliphatic heterocycles. The minimum Gasteiger partial charge on any atom is -0.356 e. The number of H-pyrrole nitrogens is 1. The zero-order valence-electron chi connectivity index (χ0n) is 9.68. The fraction of sp³-hybridized carbons (Fsp3) is 0.636. The molecule has 1 rings (SSSR count). The lowest BCUT2D eigenvalue weighted by Crippen LogP contribution is -2.25. The summed E-state index contributed by atoms with van der Waals surface area (Å²) >= 11 is 0. The molecule has 0 spiro atoms. The standard InChI is InChI=1S/C11H19N3O/c1-4-5-11(15)12-7-6-10-8(2)13-14-9(10)3/h4-7H2,1-3H3,(H,12,15)(H,13,14). The maximum atomic E-state index is 11.2. The Labute approximate surface area is 90.5 Å². The van der Waals surface area contributed by atoms with Gasteiger partial charge in [0.05, 0.1) is 5.69 Å². The molecule has 0 saturated carbocycles. The summed E-state index contributed by atoms with van der Waals surface area (Å²) in [6, 6.07) is 0. The molecule has 0 atom stereocenters. The van der Waals surface area contributed by atoms with Crippen LogP contribution in [0.2, 0.25) is 0 Å². The van der Waals surface area contributed by atoms with Crippen molar-refractivity contribution in [2.75, 3.05) is 6.54 Å². The van der Waals surface area contributed by atoms with Gasteiger partial charge in [-0.25, -0.2) is 0 Å². The van der Waals surface area contributed by atoms with Crippen molar-refractivity contribution in [2.45, 2.75) is 40.0 Å². The van der Waals surface area contributed by atoms with Gasteiger partial charge in [0, 0.05) is 18.7 Å². The van der Waals surface area contributed by atoms with Gasteiger partial charge in [0.1, 0.15) is 0 Å². The van der Waals surface area contributed by atoms with Crippen LogP contribution in [0.4, 0.5) is 0 Å². The normalized spacial score (nSPS) is 10.3. The number of carbonyl (C=O) groups is 1. The first-order valence-corrected chi connectivity index (χ1v) is 5.42. The molecular weight excluding hydrogens is 190 g/mol. The molecule has 0 bridgehead atoms. The number of carbonyl (C=O) groups excluding carboxylic acids is 1. The van der Waals surface area contributed by atoms with Gasteiger partial charge in [-0.2, -0.15) is 5.10 Å². The van der Waals surface area contributed by atoms with E-state index in [0.717, 1.165) is 24.2 Å². The third kappa shape index (κ3) is 3.38. The Morgan fingerprint density at radius 1 is 1.47 bits per heavy atom. The Morgan fingerprint density at radius 2 is 2.20 bits per heavy atom. The number of hydrogen-bond acceptors (Lipinski definition) is 2. The number of amides is 1. The summed E-state index contributed by atoms with van der Waals surface area (Å²) in [5, 5.41) is 9.95. The first-order chi connectivity index (χ1) is 7.15. The average Bonchev–Trinajstić information content (AvgIpc) is 2.49. The van der Waals surface area contributed by atoms with Crippen LogP contribution in [0, 0.1) is 13.8 Å². The van der Waals surface area contributed by atoms with E-state index >= 15 is 0 Å². The predicted molar refractivity (Wildman–Crippen MR) is 59.7 cm³/mol. The molecule has 1 aromatic heterocycles. The second-order valence-corrected chi connectivity index (χ2v) is 3.76. The molecule has 0 aliphatic carbocycles. The highest BCUT2D eigenvalue weighted by Crippen LogP contribution is 2.08. The van der Waals surface area contributed by atoms with Crippen molar-refractivity contribution < 1.29 is 4.79 Å². The Bertz CT molecular complexity index is 311. The van der Waals surface area contributed by atoms with Crippen LogP contribution < -0.4 is 5.32 Å². The second-order valence-electron chi connectivity index (χ2n) is 3.76. The molecule has 0 fully saturated rings. The van der Waals surface area contributed by atoms with Gasteiger partial charge >= 0.3 is 0 Å². The fourth-order valence-electron chi connectivity index (χ4n) is 1.58. The van der Waals surface area contributed by atoms with E-state index in [0.29, 0.717) is 13.0 Å². The summed E-state index contributed by atoms with van der Waals surface area (Å²) in [6.45, 7) is 6.68. The maximum absolute atomic E-state index is 11.2. The molecule has 0 radical (unpaired) electrons. The van der Waals surface area contributed by atoms with Gasteiger partial charge in [-0.05, 0) is 32.3 Å². The summed E-state index contributed by atoms with van der Waals surface area (Å²) in [6.07, 6.45) is 2.36. The first kappa shape index (κ1) is 11.8. The first-order valence-electron chi connectivity index (χ1n) is 5.42. The van der Waals surface area contributed by atoms with E-state index < -0.39 is 0 Å². The van der Waals surface area contributed by atoms with E-state index in [1.807, 2.05) is 20.8 Å². The average molecular weight is 209 g/mol. The number of aromatic nitrogens is 2. The molecule has 84 valence electrons. The molecule has 1 amide bonds. The second kappa shape index (κ2) is 5.53. The van der Waals surface area contributed by atoms with Gasteiger partial charge in [0.25, 0.3) is 0 Å². The van der Waals surface area contributed by atoms with Crippen LogP contribution in [0.3, 0.4) is 0 Å². The zero-order valence-corrected chi connectivity index (χ0v) is 9.68. The summed E-state index contributed by atoms with van der Waals surface area (Å²) in [4.78, 5) is 11.2. The van der Waals surface area contributed by atoms with Gasteiger partial charge in [-0.15, -0.1) is 0 Å². The summed E-state index contributed by atoms with van der Waals surface area (Å²) in [5.74, 6) is 0.135. The lowest BCUT2D eigenvalue weighted by molar-refractivity contribution is -0.121. The van der Waals surface area contributed by atoms with Crippen molar-refractivity contribution >= 4 is 5.91 Å². The van der Waals surface area contributed by atoms with Crippen molar-refractivity contribution in [3.63, 3.8) is 0 Å². The van der Waals surface area contributed by atoms with Crippen molar-refractivity contribution in [3.05, 3.63) is 17.0 Å². The third-order valence-corrected chi connectivity index (χ3v) is 2.45. The predicted octanol–water partition coefficient (Wildman–Crippen LogP) is 1.49. The molecule has 0 aromatic carbocycles. The van der Waals surface area contributed by atoms with Crippen LogP contribution in [-0.2, 0) is 11.2 Å². The largest absolute Gasteiger partial charge is 0.356 e. The summed E-state index contributed by atoms with van der Waals surface area (Å²) in [7, 11) is 0. The Kier molecular flexibility index (Phi) is 4.34. The number of hydrogen-bond donors (Lipinski definition) is 2. The minimum atomic E-state index is 0.135. The molecular formula is C11H19N3O. The van der Waals surface area contributed by atoms with E-state index in [9.17, 15) is 4.79 Å². The van der Waals surface area contributed by atoms with Crippen LogP contribution in [0.1, 0.15) is 36.7 Å². The van der Waals surface area contributed by atoms with Gasteiger partial charge in [0.15, 0.2) is 0 Å². The maximum Gasteiger partial charge on any atom is 0.219 e. The molecule has 1 heterocycles. The van der Waals surface area contributed by atoms with E-state index in [1.165, 1.54) is 5.56 Å². The molecule has 4 nitrogen and oxygen atoms in total. The number of rotatable bonds is 5. The smallest absolute Gasteiger partial charge is 0.219 e. The topological polar surface area (TPSA) is 57.8 Å². The van der Waals surface area contributed by atoms with Gasteiger partial charge in [-0.1, -0.05) is 6.92 Å². The van der Waals surface area contributed by atoms with E-state index in [4.69, 9.17) is 0 Å². The van der Waals surface area contributed by atoms with Gasteiger partial charge in [0.2, 0.25) is 5.91 Å². The number of nitrogens with zero attached hydrogens (tertiary/aromatic N) is 1. The third-order valence-electron chi connectivity index (χ3n) is 2.45. The van der Waals surface area contributed by atoms with Crippen LogP contribution >= 0.6 is 0 Å². The van der Waals surface area contributed by atoms with E-state index in [-0.39, 0.29) is 5.91 Å². The highest BCUT2D eigenvalue weighted by molar-refractivity contribution is 5.75. The van der Waals surface area contributed by atoms with Crippen LogP contribution in [0.15, 0.2) is 0 Å². The van der Waals surface area contributed by atoms with E-state index in [2.05, 4.69) is 15.5 Å². The Balaban J connectivity index is 2.35. The van der Waals surface area contributed by atoms with Crippen molar-refractivity contribution in [1.29, 1.82) is 0 Å². The minimum absolute atomic E-state index is 0.135. The number of aromatic amines is 1. The highest BCUT2D eigenvalue weighted by atomic mass is 16.1. The Hall–Kier alpha value is -1.32. The molecule has 0 unspecified atom stereocenters. The van der Waals surface area contributed by atoms with Gasteiger partial charge < -0.3 is 5.32 Å². The van der Waals surface area contributed by atoms with Crippen LogP contribution in [0.25, 0.3) is 0 Å². The SMILES string of the molecule is CCCC(=O)NCCc1c(C)n[nH]c1C. The van der Waals surface area contributed by atoms with Gasteiger partial charge in [-0.3, -0.25) is 9.89 Å². The fourth-order valence-corrected chi connectivity index (χ4v) is 1.58. The highest BCUT2D eigenvalue weighted by Gasteiger charge is 2.06. The molecule has 2 N–H and O–H groups in total. The number of aryl methyl sites for hydroxylation is 2. The Morgan fingerprint density at radius 3 is 2.73 bits per heavy atom. The zero-order chi connectivity index (χ0) is 11.3. The monoisotopic (exact) mass is 209 g/mol. The molecule has 4 heteroatoms. The quantitative estimate of drug-likeness (QED) is 0.771. The molecule has 0 saturated heterocycles. The van der Waals surface area contributed by atoms with Crippen LogP contribution in [-0.4, -0.2) is 22.6 Å². The summed E-state index contributed by atoms with van der Waals surface area (Å²) < 4.78 is 0. The molecule has 15 heavy (non-hydrogen) atoms. The van der Waals surface area contributed by atoms with Crippen molar-refractivity contribution in [1.82, 2.24) is 15.5 Å².